The highest BCUT2D eigenvalue weighted by Gasteiger charge is 2.49. The number of ether oxygens (including phenoxy) is 5. The molecule has 4 aromatic rings. The Balaban J connectivity index is 1.47. The number of anilines is 1. The molecule has 3 aliphatic heterocycles. The number of nitrogens with zero attached hydrogens (tertiary/aromatic N) is 5. The van der Waals surface area contributed by atoms with Gasteiger partial charge >= 0.3 is 6.01 Å². The van der Waals surface area contributed by atoms with Crippen LogP contribution in [0.25, 0.3) is 32.9 Å². The summed E-state index contributed by atoms with van der Waals surface area (Å²) in [6, 6.07) is 6.39. The van der Waals surface area contributed by atoms with Crippen LogP contribution in [-0.2, 0) is 9.47 Å². The average molecular weight is 820 g/mol. The predicted octanol–water partition coefficient (Wildman–Crippen LogP) is 8.87. The Morgan fingerprint density at radius 1 is 0.931 bits per heavy atom. The number of aromatic nitrogens is 3. The lowest BCUT2D eigenvalue weighted by Gasteiger charge is -2.38. The summed E-state index contributed by atoms with van der Waals surface area (Å²) in [6.45, 7) is 16.6. The summed E-state index contributed by atoms with van der Waals surface area (Å²) in [4.78, 5) is 18.6. The highest BCUT2D eigenvalue weighted by atomic mass is 28.3. The first kappa shape index (κ1) is 42.0. The van der Waals surface area contributed by atoms with Gasteiger partial charge in [0.1, 0.15) is 54.8 Å². The van der Waals surface area contributed by atoms with Crippen LogP contribution in [0, 0.1) is 23.1 Å². The number of hydrogen-bond donors (Lipinski definition) is 0. The molecule has 14 heteroatoms. The average Bonchev–Trinajstić information content (AvgIpc) is 3.57. The Bertz CT molecular complexity index is 2180. The first-order valence-corrected chi connectivity index (χ1v) is 22.8. The van der Waals surface area contributed by atoms with Crippen molar-refractivity contribution in [2.75, 3.05) is 71.9 Å². The molecule has 3 fully saturated rings. The standard InChI is InChI=1S/C44H56F3N5O5Si/c1-27(2)58(28(3)4,29(5)6)20-13-33-35(46)12-11-30-21-32(57-26-53-7)22-34(36(30)33)39-38(47)40-37(42(48-39)54-8)41(51-15-10-18-55-19-17-51)50-43(49-40)56-25-44-14-9-16-52(44)24-31(45)23-44/h11-12,21-22,27-29,31H,9-10,14-19,23-26H2,1-8H3/t31-,44+/m1/s1. The molecule has 10 nitrogen and oxygen atoms in total. The van der Waals surface area contributed by atoms with Gasteiger partial charge in [-0.15, -0.1) is 5.54 Å². The first-order chi connectivity index (χ1) is 27.8. The maximum absolute atomic E-state index is 17.8. The van der Waals surface area contributed by atoms with E-state index in [0.717, 1.165) is 25.8 Å². The Morgan fingerprint density at radius 2 is 1.71 bits per heavy atom. The molecule has 5 heterocycles. The van der Waals surface area contributed by atoms with Gasteiger partial charge in [-0.1, -0.05) is 53.5 Å². The molecule has 0 unspecified atom stereocenters. The predicted molar refractivity (Wildman–Crippen MR) is 223 cm³/mol. The van der Waals surface area contributed by atoms with E-state index >= 15 is 8.78 Å². The van der Waals surface area contributed by atoms with Crippen LogP contribution in [0.1, 0.15) is 72.8 Å². The highest BCUT2D eigenvalue weighted by molar-refractivity contribution is 6.90. The molecule has 0 radical (unpaired) electrons. The van der Waals surface area contributed by atoms with Gasteiger partial charge in [0.15, 0.2) is 12.6 Å². The van der Waals surface area contributed by atoms with Gasteiger partial charge in [-0.2, -0.15) is 9.97 Å². The van der Waals surface area contributed by atoms with Gasteiger partial charge in [-0.25, -0.2) is 18.2 Å². The van der Waals surface area contributed by atoms with E-state index in [-0.39, 0.29) is 53.0 Å². The van der Waals surface area contributed by atoms with E-state index in [1.807, 2.05) is 4.90 Å². The molecule has 3 aliphatic rings. The Hall–Kier alpha value is -4.16. The largest absolute Gasteiger partial charge is 0.480 e. The van der Waals surface area contributed by atoms with Crippen LogP contribution in [0.15, 0.2) is 24.3 Å². The van der Waals surface area contributed by atoms with Crippen LogP contribution in [0.4, 0.5) is 19.0 Å². The normalized spacial score (nSPS) is 20.2. The van der Waals surface area contributed by atoms with Gasteiger partial charge in [0, 0.05) is 50.7 Å². The fourth-order valence-corrected chi connectivity index (χ4v) is 15.1. The van der Waals surface area contributed by atoms with Crippen molar-refractivity contribution in [1.29, 1.82) is 0 Å². The quantitative estimate of drug-likeness (QED) is 0.0785. The fourth-order valence-electron chi connectivity index (χ4n) is 9.86. The molecule has 0 saturated carbocycles. The van der Waals surface area contributed by atoms with Gasteiger partial charge in [-0.3, -0.25) is 4.90 Å². The van der Waals surface area contributed by atoms with Crippen LogP contribution < -0.4 is 19.1 Å². The van der Waals surface area contributed by atoms with Crippen molar-refractivity contribution in [2.24, 2.45) is 0 Å². The second-order valence-electron chi connectivity index (χ2n) is 16.8. The number of hydrogen-bond acceptors (Lipinski definition) is 10. The van der Waals surface area contributed by atoms with Crippen LogP contribution in [-0.4, -0.2) is 107 Å². The van der Waals surface area contributed by atoms with Gasteiger partial charge < -0.3 is 28.6 Å². The van der Waals surface area contributed by atoms with E-state index in [0.29, 0.717) is 78.2 Å². The van der Waals surface area contributed by atoms with Gasteiger partial charge in [-0.05, 0) is 66.0 Å². The summed E-state index contributed by atoms with van der Waals surface area (Å²) >= 11 is 0. The van der Waals surface area contributed by atoms with Crippen LogP contribution in [0.5, 0.6) is 17.6 Å². The highest BCUT2D eigenvalue weighted by Crippen LogP contribution is 2.45. The fraction of sp³-hybridized carbons (Fsp3) is 0.568. The molecular formula is C44H56F3N5O5Si. The summed E-state index contributed by atoms with van der Waals surface area (Å²) in [5.41, 5.74) is 4.32. The van der Waals surface area contributed by atoms with Crippen LogP contribution in [0.3, 0.4) is 0 Å². The topological polar surface area (TPSA) is 91.3 Å². The first-order valence-electron chi connectivity index (χ1n) is 20.5. The number of halogens is 3. The Labute approximate surface area is 340 Å². The smallest absolute Gasteiger partial charge is 0.319 e. The second-order valence-corrected chi connectivity index (χ2v) is 22.4. The van der Waals surface area contributed by atoms with Crippen molar-refractivity contribution >= 4 is 35.6 Å². The molecule has 0 aliphatic carbocycles. The van der Waals surface area contributed by atoms with E-state index in [2.05, 4.69) is 57.9 Å². The number of rotatable bonds is 12. The van der Waals surface area contributed by atoms with Crippen molar-refractivity contribution in [1.82, 2.24) is 19.9 Å². The lowest BCUT2D eigenvalue weighted by Crippen LogP contribution is -2.43. The van der Waals surface area contributed by atoms with E-state index in [9.17, 15) is 4.39 Å². The van der Waals surface area contributed by atoms with Crippen LogP contribution in [0.2, 0.25) is 16.6 Å². The molecule has 7 rings (SSSR count). The lowest BCUT2D eigenvalue weighted by molar-refractivity contribution is 0.0512. The monoisotopic (exact) mass is 819 g/mol. The van der Waals surface area contributed by atoms with Gasteiger partial charge in [0.25, 0.3) is 0 Å². The van der Waals surface area contributed by atoms with Gasteiger partial charge in [0.05, 0.1) is 24.8 Å². The van der Waals surface area contributed by atoms with Gasteiger partial charge in [0.2, 0.25) is 5.88 Å². The Kier molecular flexibility index (Phi) is 12.5. The maximum Gasteiger partial charge on any atom is 0.319 e. The zero-order valence-corrected chi connectivity index (χ0v) is 36.0. The third-order valence-corrected chi connectivity index (χ3v) is 18.9. The number of methoxy groups -OCH3 is 2. The summed E-state index contributed by atoms with van der Waals surface area (Å²) in [5, 5.41) is 1.25. The zero-order valence-electron chi connectivity index (χ0n) is 35.0. The minimum atomic E-state index is -2.32. The molecule has 2 aromatic heterocycles. The SMILES string of the molecule is COCOc1cc(-c2nc(OC)c3c(N4CCCOCC4)nc(OC[C@@]45CCCN4C[C@H](F)C5)nc3c2F)c2c(C#C[Si](C(C)C)(C(C)C)C(C)C)c(F)ccc2c1. The van der Waals surface area contributed by atoms with E-state index in [4.69, 9.17) is 38.6 Å². The van der Waals surface area contributed by atoms with Crippen LogP contribution >= 0.6 is 0 Å². The lowest BCUT2D eigenvalue weighted by atomic mass is 9.95. The van der Waals surface area contributed by atoms with E-state index in [1.54, 1.807) is 18.2 Å². The molecule has 58 heavy (non-hydrogen) atoms. The zero-order chi connectivity index (χ0) is 41.4. The molecule has 0 amide bonds. The third-order valence-electron chi connectivity index (χ3n) is 12.6. The van der Waals surface area contributed by atoms with Crippen molar-refractivity contribution in [2.45, 2.75) is 95.6 Å². The molecular weight excluding hydrogens is 764 g/mol. The summed E-state index contributed by atoms with van der Waals surface area (Å²) in [6.07, 6.45) is 1.87. The summed E-state index contributed by atoms with van der Waals surface area (Å²) in [7, 11) is 0.654. The number of fused-ring (bicyclic) bond motifs is 3. The molecule has 2 atom stereocenters. The number of benzene rings is 2. The van der Waals surface area contributed by atoms with Crippen molar-refractivity contribution in [3.8, 4) is 40.4 Å². The molecule has 0 bridgehead atoms. The number of alkyl halides is 1. The summed E-state index contributed by atoms with van der Waals surface area (Å²) in [5.74, 6) is 2.88. The van der Waals surface area contributed by atoms with E-state index in [1.165, 1.54) is 20.3 Å². The van der Waals surface area contributed by atoms with E-state index < -0.39 is 31.4 Å². The second kappa shape index (κ2) is 17.2. The third kappa shape index (κ3) is 7.71. The minimum absolute atomic E-state index is 0.0358. The molecule has 2 aromatic carbocycles. The minimum Gasteiger partial charge on any atom is -0.480 e. The van der Waals surface area contributed by atoms with Crippen molar-refractivity contribution in [3.63, 3.8) is 0 Å². The van der Waals surface area contributed by atoms with Crippen molar-refractivity contribution in [3.05, 3.63) is 41.5 Å². The molecule has 312 valence electrons. The molecule has 0 spiro atoms. The summed E-state index contributed by atoms with van der Waals surface area (Å²) < 4.78 is 78.0. The molecule has 0 N–H and O–H groups in total. The molecule has 3 saturated heterocycles. The number of pyridine rings is 1. The maximum atomic E-state index is 17.8. The van der Waals surface area contributed by atoms with Crippen molar-refractivity contribution < 1.29 is 36.9 Å². The Morgan fingerprint density at radius 3 is 2.43 bits per heavy atom.